The normalized spacial score (nSPS) is 11.9. The van der Waals surface area contributed by atoms with Crippen molar-refractivity contribution in [1.82, 2.24) is 30.5 Å². The summed E-state index contributed by atoms with van der Waals surface area (Å²) in [7, 11) is 0. The van der Waals surface area contributed by atoms with Crippen LogP contribution in [0.4, 0.5) is 4.39 Å². The van der Waals surface area contributed by atoms with Crippen LogP contribution in [-0.2, 0) is 22.4 Å². The van der Waals surface area contributed by atoms with Crippen LogP contribution in [0, 0.1) is 5.82 Å². The van der Waals surface area contributed by atoms with Crippen LogP contribution in [0.2, 0.25) is 5.02 Å². The minimum Gasteiger partial charge on any atom is -0.342 e. The SMILES string of the molecule is CC(=O)c1ccc(CC(=O)[C@H](Cc2ccccc2)NC(=O)/C=C/c2c(-n3cnnn3)ccc(Cl)c2F)nc1. The number of ketones is 2. The Labute approximate surface area is 222 Å². The molecule has 2 heterocycles. The van der Waals surface area contributed by atoms with Gasteiger partial charge in [0.1, 0.15) is 6.33 Å². The van der Waals surface area contributed by atoms with Gasteiger partial charge in [-0.2, -0.15) is 4.68 Å². The smallest absolute Gasteiger partial charge is 0.244 e. The predicted octanol–water partition coefficient (Wildman–Crippen LogP) is 3.60. The Morgan fingerprint density at radius 2 is 1.89 bits per heavy atom. The van der Waals surface area contributed by atoms with Gasteiger partial charge >= 0.3 is 0 Å². The molecule has 1 amide bonds. The minimum absolute atomic E-state index is 0.000599. The number of hydrogen-bond donors (Lipinski definition) is 1. The average molecular weight is 533 g/mol. The maximum absolute atomic E-state index is 14.8. The van der Waals surface area contributed by atoms with Gasteiger partial charge in [0, 0.05) is 29.1 Å². The van der Waals surface area contributed by atoms with Gasteiger partial charge in [0.05, 0.1) is 23.2 Å². The zero-order valence-electron chi connectivity index (χ0n) is 20.2. The quantitative estimate of drug-likeness (QED) is 0.245. The third-order valence-corrected chi connectivity index (χ3v) is 5.97. The molecule has 0 saturated carbocycles. The molecule has 0 fully saturated rings. The first-order valence-corrected chi connectivity index (χ1v) is 11.9. The van der Waals surface area contributed by atoms with Gasteiger partial charge < -0.3 is 5.32 Å². The van der Waals surface area contributed by atoms with E-state index in [-0.39, 0.29) is 40.7 Å². The summed E-state index contributed by atoms with van der Waals surface area (Å²) >= 11 is 5.94. The van der Waals surface area contributed by atoms with E-state index < -0.39 is 17.8 Å². The molecule has 11 heteroatoms. The summed E-state index contributed by atoms with van der Waals surface area (Å²) in [5.41, 5.74) is 2.03. The number of benzene rings is 2. The third kappa shape index (κ3) is 6.60. The van der Waals surface area contributed by atoms with E-state index in [1.165, 1.54) is 42.3 Å². The highest BCUT2D eigenvalue weighted by Crippen LogP contribution is 2.25. The van der Waals surface area contributed by atoms with Crippen molar-refractivity contribution in [3.05, 3.63) is 106 Å². The molecule has 0 aliphatic heterocycles. The van der Waals surface area contributed by atoms with Crippen molar-refractivity contribution in [3.63, 3.8) is 0 Å². The fourth-order valence-corrected chi connectivity index (χ4v) is 3.86. The number of halogens is 2. The van der Waals surface area contributed by atoms with Gasteiger partial charge in [-0.1, -0.05) is 41.9 Å². The second kappa shape index (κ2) is 12.1. The monoisotopic (exact) mass is 532 g/mol. The van der Waals surface area contributed by atoms with Crippen molar-refractivity contribution in [1.29, 1.82) is 0 Å². The van der Waals surface area contributed by atoms with Crippen LogP contribution in [0.1, 0.15) is 34.1 Å². The highest BCUT2D eigenvalue weighted by molar-refractivity contribution is 6.31. The van der Waals surface area contributed by atoms with Crippen molar-refractivity contribution in [2.45, 2.75) is 25.8 Å². The predicted molar refractivity (Wildman–Crippen MR) is 138 cm³/mol. The molecule has 38 heavy (non-hydrogen) atoms. The molecule has 1 N–H and O–H groups in total. The number of nitrogens with zero attached hydrogens (tertiary/aromatic N) is 5. The molecule has 4 rings (SSSR count). The van der Waals surface area contributed by atoms with Crippen LogP contribution in [0.25, 0.3) is 11.8 Å². The Bertz CT molecular complexity index is 1470. The summed E-state index contributed by atoms with van der Waals surface area (Å²) in [6.07, 6.45) is 5.26. The largest absolute Gasteiger partial charge is 0.342 e. The molecule has 0 spiro atoms. The fourth-order valence-electron chi connectivity index (χ4n) is 3.70. The first-order valence-electron chi connectivity index (χ1n) is 11.5. The van der Waals surface area contributed by atoms with E-state index in [1.807, 2.05) is 30.3 Å². The second-order valence-electron chi connectivity index (χ2n) is 8.37. The number of pyridine rings is 1. The average Bonchev–Trinajstić information content (AvgIpc) is 3.45. The summed E-state index contributed by atoms with van der Waals surface area (Å²) in [6.45, 7) is 1.43. The summed E-state index contributed by atoms with van der Waals surface area (Å²) < 4.78 is 16.1. The first kappa shape index (κ1) is 26.5. The molecule has 192 valence electrons. The molecule has 0 aliphatic rings. The minimum atomic E-state index is -0.882. The van der Waals surface area contributed by atoms with E-state index in [0.29, 0.717) is 11.3 Å². The zero-order chi connectivity index (χ0) is 27.1. The number of carbonyl (C=O) groups is 3. The number of nitrogens with one attached hydrogen (secondary N) is 1. The van der Waals surface area contributed by atoms with E-state index in [0.717, 1.165) is 11.6 Å². The lowest BCUT2D eigenvalue weighted by Gasteiger charge is -2.17. The Kier molecular flexibility index (Phi) is 8.44. The van der Waals surface area contributed by atoms with Crippen molar-refractivity contribution in [2.24, 2.45) is 0 Å². The number of carbonyl (C=O) groups excluding carboxylic acids is 3. The fraction of sp³-hybridized carbons (Fsp3) is 0.148. The molecular formula is C27H22ClFN6O3. The molecule has 1 atom stereocenters. The zero-order valence-corrected chi connectivity index (χ0v) is 21.0. The van der Waals surface area contributed by atoms with Crippen LogP contribution in [-0.4, -0.2) is 48.7 Å². The van der Waals surface area contributed by atoms with Crippen LogP contribution in [0.3, 0.4) is 0 Å². The molecule has 0 radical (unpaired) electrons. The lowest BCUT2D eigenvalue weighted by Crippen LogP contribution is -2.42. The Hall–Kier alpha value is -4.57. The number of amides is 1. The van der Waals surface area contributed by atoms with Gasteiger partial charge in [0.2, 0.25) is 5.91 Å². The van der Waals surface area contributed by atoms with Crippen LogP contribution >= 0.6 is 11.6 Å². The molecular weight excluding hydrogens is 511 g/mol. The topological polar surface area (TPSA) is 120 Å². The molecule has 9 nitrogen and oxygen atoms in total. The summed E-state index contributed by atoms with van der Waals surface area (Å²) in [5, 5.41) is 13.4. The third-order valence-electron chi connectivity index (χ3n) is 5.68. The van der Waals surface area contributed by atoms with Crippen molar-refractivity contribution in [3.8, 4) is 5.69 Å². The maximum Gasteiger partial charge on any atom is 0.244 e. The number of aromatic nitrogens is 5. The highest BCUT2D eigenvalue weighted by Gasteiger charge is 2.22. The van der Waals surface area contributed by atoms with Gasteiger partial charge in [-0.05, 0) is 59.7 Å². The Balaban J connectivity index is 1.54. The number of Topliss-reactive ketones (excluding diaryl/α,β-unsaturated/α-hetero) is 2. The second-order valence-corrected chi connectivity index (χ2v) is 8.78. The van der Waals surface area contributed by atoms with Gasteiger partial charge in [0.25, 0.3) is 0 Å². The van der Waals surface area contributed by atoms with Crippen LogP contribution < -0.4 is 5.32 Å². The summed E-state index contributed by atoms with van der Waals surface area (Å²) in [6, 6.07) is 14.4. The highest BCUT2D eigenvalue weighted by atomic mass is 35.5. The molecule has 0 aliphatic carbocycles. The van der Waals surface area contributed by atoms with Gasteiger partial charge in [0.15, 0.2) is 17.4 Å². The molecule has 0 bridgehead atoms. The van der Waals surface area contributed by atoms with Gasteiger partial charge in [-0.15, -0.1) is 5.10 Å². The van der Waals surface area contributed by atoms with Crippen molar-refractivity contribution >= 4 is 35.2 Å². The Morgan fingerprint density at radius 1 is 1.11 bits per heavy atom. The molecule has 0 saturated heterocycles. The number of rotatable bonds is 10. The number of tetrazole rings is 1. The maximum atomic E-state index is 14.8. The van der Waals surface area contributed by atoms with Gasteiger partial charge in [-0.25, -0.2) is 4.39 Å². The lowest BCUT2D eigenvalue weighted by atomic mass is 9.99. The molecule has 2 aromatic carbocycles. The van der Waals surface area contributed by atoms with E-state index in [9.17, 15) is 18.8 Å². The molecule has 0 unspecified atom stereocenters. The van der Waals surface area contributed by atoms with E-state index >= 15 is 0 Å². The lowest BCUT2D eigenvalue weighted by molar-refractivity contribution is -0.125. The van der Waals surface area contributed by atoms with Crippen LogP contribution in [0.15, 0.2) is 73.2 Å². The van der Waals surface area contributed by atoms with E-state index in [4.69, 9.17) is 11.6 Å². The van der Waals surface area contributed by atoms with Crippen molar-refractivity contribution in [2.75, 3.05) is 0 Å². The molecule has 4 aromatic rings. The number of hydrogen-bond acceptors (Lipinski definition) is 7. The summed E-state index contributed by atoms with van der Waals surface area (Å²) in [5.74, 6) is -1.76. The standard InChI is InChI=1S/C27H22ClFN6O3/c1-17(36)19-7-8-20(30-15-19)14-25(37)23(13-18-5-3-2-4-6-18)32-26(38)12-9-21-24(35-16-31-33-34-35)11-10-22(28)27(21)29/h2-12,15-16,23H,13-14H2,1H3,(H,32,38)/b12-9+/t23-/m0/s1. The van der Waals surface area contributed by atoms with E-state index in [2.05, 4.69) is 25.8 Å². The molecule has 2 aromatic heterocycles. The van der Waals surface area contributed by atoms with Crippen molar-refractivity contribution < 1.29 is 18.8 Å². The summed E-state index contributed by atoms with van der Waals surface area (Å²) in [4.78, 5) is 41.8. The Morgan fingerprint density at radius 3 is 2.55 bits per heavy atom. The first-order chi connectivity index (χ1) is 18.3. The van der Waals surface area contributed by atoms with Crippen LogP contribution in [0.5, 0.6) is 0 Å². The van der Waals surface area contributed by atoms with Gasteiger partial charge in [-0.3, -0.25) is 19.4 Å². The van der Waals surface area contributed by atoms with E-state index in [1.54, 1.807) is 12.1 Å².